The van der Waals surface area contributed by atoms with E-state index in [0.29, 0.717) is 31.9 Å². The zero-order valence-corrected chi connectivity index (χ0v) is 21.7. The second-order valence-electron chi connectivity index (χ2n) is 9.44. The van der Waals surface area contributed by atoms with Crippen molar-refractivity contribution >= 4 is 35.0 Å². The fourth-order valence-electron chi connectivity index (χ4n) is 4.65. The number of aryl methyl sites for hydroxylation is 1. The van der Waals surface area contributed by atoms with Gasteiger partial charge in [-0.05, 0) is 63.0 Å². The number of carbonyl (C=O) groups is 2. The molecule has 0 bridgehead atoms. The maximum atomic E-state index is 15.4. The van der Waals surface area contributed by atoms with E-state index < -0.39 is 63.1 Å². The lowest BCUT2D eigenvalue weighted by Gasteiger charge is -2.27. The van der Waals surface area contributed by atoms with Crippen LogP contribution in [0.3, 0.4) is 0 Å². The second kappa shape index (κ2) is 12.7. The summed E-state index contributed by atoms with van der Waals surface area (Å²) in [5.74, 6) is -7.10. The van der Waals surface area contributed by atoms with Gasteiger partial charge in [-0.1, -0.05) is 5.10 Å². The lowest BCUT2D eigenvalue weighted by molar-refractivity contribution is -0.384. The summed E-state index contributed by atoms with van der Waals surface area (Å²) < 4.78 is 65.9. The molecule has 1 saturated carbocycles. The van der Waals surface area contributed by atoms with Crippen molar-refractivity contribution in [2.24, 2.45) is 11.8 Å². The number of benzene rings is 2. The van der Waals surface area contributed by atoms with E-state index in [1.54, 1.807) is 6.92 Å². The Morgan fingerprint density at radius 1 is 1.07 bits per heavy atom. The Labute approximate surface area is 230 Å². The standard InChI is InChI=1S/C26H25F4N5O6/c1-2-40-25(37)15-7-4-13(5-8-15)3-6-14-9-10-20(35(38)39)22(21(14)30)32-23(36)24-33-34-26(41-24)31-19-12-17(28)16(27)11-18(19)29/h9-13,15H,2-8H2,1H3,(H,31,34)(H,32,36). The van der Waals surface area contributed by atoms with Crippen molar-refractivity contribution in [1.82, 2.24) is 10.2 Å². The first-order chi connectivity index (χ1) is 19.6. The molecular formula is C26H25F4N5O6. The highest BCUT2D eigenvalue weighted by Gasteiger charge is 2.29. The predicted octanol–water partition coefficient (Wildman–Crippen LogP) is 5.83. The molecule has 1 heterocycles. The molecule has 15 heteroatoms. The molecule has 2 aromatic carbocycles. The third-order valence-electron chi connectivity index (χ3n) is 6.79. The van der Waals surface area contributed by atoms with Crippen molar-refractivity contribution in [2.45, 2.75) is 45.4 Å². The summed E-state index contributed by atoms with van der Waals surface area (Å²) in [4.78, 5) is 35.3. The monoisotopic (exact) mass is 579 g/mol. The number of ether oxygens (including phenoxy) is 1. The molecule has 0 atom stereocenters. The number of amides is 1. The Bertz CT molecular complexity index is 1460. The molecule has 1 amide bonds. The van der Waals surface area contributed by atoms with Crippen molar-refractivity contribution in [1.29, 1.82) is 0 Å². The van der Waals surface area contributed by atoms with Crippen LogP contribution in [-0.4, -0.2) is 33.6 Å². The molecule has 2 N–H and O–H groups in total. The van der Waals surface area contributed by atoms with Gasteiger partial charge in [0.05, 0.1) is 23.1 Å². The summed E-state index contributed by atoms with van der Waals surface area (Å²) in [5, 5.41) is 22.7. The lowest BCUT2D eigenvalue weighted by Crippen LogP contribution is -2.24. The first kappa shape index (κ1) is 29.4. The highest BCUT2D eigenvalue weighted by atomic mass is 19.2. The minimum Gasteiger partial charge on any atom is -0.466 e. The molecule has 0 aliphatic heterocycles. The lowest BCUT2D eigenvalue weighted by atomic mass is 9.79. The van der Waals surface area contributed by atoms with Crippen LogP contribution in [0.2, 0.25) is 0 Å². The highest BCUT2D eigenvalue weighted by Crippen LogP contribution is 2.35. The molecule has 41 heavy (non-hydrogen) atoms. The van der Waals surface area contributed by atoms with Crippen LogP contribution in [0.25, 0.3) is 0 Å². The summed E-state index contributed by atoms with van der Waals surface area (Å²) in [6, 6.07) is 2.54. The smallest absolute Gasteiger partial charge is 0.320 e. The predicted molar refractivity (Wildman–Crippen MR) is 135 cm³/mol. The Kier molecular flexibility index (Phi) is 9.14. The molecule has 0 radical (unpaired) electrons. The van der Waals surface area contributed by atoms with E-state index in [2.05, 4.69) is 20.8 Å². The Balaban J connectivity index is 1.43. The van der Waals surface area contributed by atoms with Crippen LogP contribution in [-0.2, 0) is 16.0 Å². The summed E-state index contributed by atoms with van der Waals surface area (Å²) in [6.07, 6.45) is 3.63. The average Bonchev–Trinajstić information content (AvgIpc) is 3.41. The number of hydrogen-bond donors (Lipinski definition) is 2. The van der Waals surface area contributed by atoms with Crippen molar-refractivity contribution < 1.29 is 41.2 Å². The maximum Gasteiger partial charge on any atom is 0.320 e. The summed E-state index contributed by atoms with van der Waals surface area (Å²) >= 11 is 0. The highest BCUT2D eigenvalue weighted by molar-refractivity contribution is 6.02. The number of aromatic nitrogens is 2. The Hall–Kier alpha value is -4.56. The van der Waals surface area contributed by atoms with Gasteiger partial charge in [0, 0.05) is 18.2 Å². The Morgan fingerprint density at radius 3 is 2.46 bits per heavy atom. The number of nitro benzene ring substituents is 1. The fraction of sp³-hybridized carbons (Fsp3) is 0.385. The van der Waals surface area contributed by atoms with Crippen LogP contribution in [0.5, 0.6) is 0 Å². The maximum absolute atomic E-state index is 15.4. The van der Waals surface area contributed by atoms with Gasteiger partial charge in [-0.2, -0.15) is 0 Å². The number of rotatable bonds is 10. The van der Waals surface area contributed by atoms with Crippen molar-refractivity contribution in [3.8, 4) is 0 Å². The number of nitrogens with zero attached hydrogens (tertiary/aromatic N) is 3. The number of esters is 1. The van der Waals surface area contributed by atoms with Crippen molar-refractivity contribution in [2.75, 3.05) is 17.2 Å². The number of nitrogens with one attached hydrogen (secondary N) is 2. The molecule has 0 saturated heterocycles. The first-order valence-corrected chi connectivity index (χ1v) is 12.8. The van der Waals surface area contributed by atoms with E-state index in [9.17, 15) is 32.9 Å². The molecule has 218 valence electrons. The second-order valence-corrected chi connectivity index (χ2v) is 9.44. The van der Waals surface area contributed by atoms with Crippen LogP contribution in [0, 0.1) is 45.2 Å². The minimum atomic E-state index is -1.43. The quantitative estimate of drug-likeness (QED) is 0.0994. The van der Waals surface area contributed by atoms with Crippen LogP contribution in [0.4, 0.5) is 40.6 Å². The number of anilines is 3. The molecule has 1 fully saturated rings. The molecule has 4 rings (SSSR count). The molecule has 1 aliphatic rings. The summed E-state index contributed by atoms with van der Waals surface area (Å²) in [7, 11) is 0. The topological polar surface area (TPSA) is 149 Å². The largest absolute Gasteiger partial charge is 0.466 e. The van der Waals surface area contributed by atoms with Gasteiger partial charge in [0.1, 0.15) is 5.82 Å². The third kappa shape index (κ3) is 6.96. The zero-order chi connectivity index (χ0) is 29.7. The zero-order valence-electron chi connectivity index (χ0n) is 21.7. The van der Waals surface area contributed by atoms with E-state index in [4.69, 9.17) is 9.15 Å². The van der Waals surface area contributed by atoms with Crippen LogP contribution < -0.4 is 10.6 Å². The molecule has 1 aromatic heterocycles. The normalized spacial score (nSPS) is 16.7. The SMILES string of the molecule is CCOC(=O)C1CCC(CCc2ccc([N+](=O)[O-])c(NC(=O)c3nnc(Nc4cc(F)c(F)cc4F)o3)c2F)CC1. The fourth-order valence-corrected chi connectivity index (χ4v) is 4.65. The molecule has 0 unspecified atom stereocenters. The van der Waals surface area contributed by atoms with Crippen molar-refractivity contribution in [3.63, 3.8) is 0 Å². The van der Waals surface area contributed by atoms with Gasteiger partial charge in [0.2, 0.25) is 0 Å². The van der Waals surface area contributed by atoms with Gasteiger partial charge in [0.25, 0.3) is 5.69 Å². The van der Waals surface area contributed by atoms with Gasteiger partial charge in [0.15, 0.2) is 23.1 Å². The van der Waals surface area contributed by atoms with Gasteiger partial charge in [-0.15, -0.1) is 5.10 Å². The molecular weight excluding hydrogens is 554 g/mol. The van der Waals surface area contributed by atoms with Crippen LogP contribution >= 0.6 is 0 Å². The van der Waals surface area contributed by atoms with E-state index >= 15 is 4.39 Å². The average molecular weight is 580 g/mol. The minimum absolute atomic E-state index is 0.139. The van der Waals surface area contributed by atoms with E-state index in [-0.39, 0.29) is 35.9 Å². The number of nitro groups is 1. The van der Waals surface area contributed by atoms with Gasteiger partial charge < -0.3 is 19.8 Å². The van der Waals surface area contributed by atoms with Crippen LogP contribution in [0.1, 0.15) is 55.3 Å². The van der Waals surface area contributed by atoms with Gasteiger partial charge in [-0.3, -0.25) is 19.7 Å². The number of halogens is 4. The number of hydrogen-bond acceptors (Lipinski definition) is 9. The summed E-state index contributed by atoms with van der Waals surface area (Å²) in [5.41, 5.74) is -1.84. The third-order valence-corrected chi connectivity index (χ3v) is 6.79. The molecule has 3 aromatic rings. The molecule has 1 aliphatic carbocycles. The molecule has 0 spiro atoms. The van der Waals surface area contributed by atoms with Crippen LogP contribution in [0.15, 0.2) is 28.7 Å². The van der Waals surface area contributed by atoms with Crippen molar-refractivity contribution in [3.05, 3.63) is 69.1 Å². The number of carbonyl (C=O) groups excluding carboxylic acids is 2. The van der Waals surface area contributed by atoms with Gasteiger partial charge >= 0.3 is 23.8 Å². The van der Waals surface area contributed by atoms with E-state index in [0.717, 1.165) is 18.9 Å². The molecule has 11 nitrogen and oxygen atoms in total. The van der Waals surface area contributed by atoms with E-state index in [1.807, 2.05) is 0 Å². The Morgan fingerprint density at radius 2 is 1.78 bits per heavy atom. The van der Waals surface area contributed by atoms with E-state index in [1.165, 1.54) is 6.07 Å². The van der Waals surface area contributed by atoms with Gasteiger partial charge in [-0.25, -0.2) is 17.6 Å². The summed E-state index contributed by atoms with van der Waals surface area (Å²) in [6.45, 7) is 2.07. The first-order valence-electron chi connectivity index (χ1n) is 12.8.